The van der Waals surface area contributed by atoms with E-state index in [1.807, 2.05) is 0 Å². The Balaban J connectivity index is 4.30. The van der Waals surface area contributed by atoms with Crippen molar-refractivity contribution in [3.05, 3.63) is 0 Å². The summed E-state index contributed by atoms with van der Waals surface area (Å²) in [6, 6.07) is 0. The average molecular weight is 737 g/mol. The van der Waals surface area contributed by atoms with Crippen molar-refractivity contribution in [2.75, 3.05) is 13.2 Å². The van der Waals surface area contributed by atoms with Crippen LogP contribution in [0.25, 0.3) is 0 Å². The summed E-state index contributed by atoms with van der Waals surface area (Å²) in [7, 11) is 0. The molecule has 0 aliphatic carbocycles. The lowest BCUT2D eigenvalue weighted by atomic mass is 10.0. The van der Waals surface area contributed by atoms with E-state index in [0.29, 0.717) is 19.3 Å². The van der Waals surface area contributed by atoms with Gasteiger partial charge in [-0.1, -0.05) is 208 Å². The van der Waals surface area contributed by atoms with E-state index in [2.05, 4.69) is 34.6 Å². The molecule has 0 aliphatic heterocycles. The smallest absolute Gasteiger partial charge is 0.306 e. The van der Waals surface area contributed by atoms with Gasteiger partial charge in [-0.2, -0.15) is 0 Å². The van der Waals surface area contributed by atoms with Crippen LogP contribution in [0.5, 0.6) is 0 Å². The molecular formula is C46H88O6. The van der Waals surface area contributed by atoms with E-state index in [0.717, 1.165) is 69.6 Å². The minimum absolute atomic E-state index is 0.0660. The van der Waals surface area contributed by atoms with Gasteiger partial charge in [0.25, 0.3) is 0 Å². The van der Waals surface area contributed by atoms with Crippen molar-refractivity contribution in [3.63, 3.8) is 0 Å². The number of carbonyl (C=O) groups is 3. The van der Waals surface area contributed by atoms with E-state index in [1.165, 1.54) is 135 Å². The third kappa shape index (κ3) is 39.6. The molecule has 0 unspecified atom stereocenters. The van der Waals surface area contributed by atoms with Gasteiger partial charge in [-0.05, 0) is 31.1 Å². The summed E-state index contributed by atoms with van der Waals surface area (Å²) in [5, 5.41) is 0. The van der Waals surface area contributed by atoms with Gasteiger partial charge in [0.15, 0.2) is 6.10 Å². The van der Waals surface area contributed by atoms with Gasteiger partial charge >= 0.3 is 17.9 Å². The maximum absolute atomic E-state index is 12.7. The minimum atomic E-state index is -0.761. The molecule has 0 rings (SSSR count). The van der Waals surface area contributed by atoms with E-state index < -0.39 is 6.10 Å². The molecule has 0 fully saturated rings. The van der Waals surface area contributed by atoms with Gasteiger partial charge in [-0.3, -0.25) is 14.4 Å². The second-order valence-corrected chi connectivity index (χ2v) is 16.6. The molecular weight excluding hydrogens is 648 g/mol. The Kier molecular flexibility index (Phi) is 37.9. The second-order valence-electron chi connectivity index (χ2n) is 16.6. The zero-order chi connectivity index (χ0) is 38.3. The Hall–Kier alpha value is -1.59. The Morgan fingerprint density at radius 1 is 0.365 bits per heavy atom. The van der Waals surface area contributed by atoms with Crippen molar-refractivity contribution in [1.29, 1.82) is 0 Å². The standard InChI is InChI=1S/C46H88O6/c1-6-7-8-9-10-11-12-13-14-15-16-20-26-31-36-44(47)50-39-43(52-46(49)38-33-28-23-22-25-30-35-42(4)5)40-51-45(48)37-32-27-21-18-17-19-24-29-34-41(2)3/h41-43H,6-40H2,1-5H3/t43-/m0/s1. The monoisotopic (exact) mass is 737 g/mol. The van der Waals surface area contributed by atoms with Crippen LogP contribution in [0.3, 0.4) is 0 Å². The van der Waals surface area contributed by atoms with Gasteiger partial charge in [0, 0.05) is 19.3 Å². The van der Waals surface area contributed by atoms with Crippen molar-refractivity contribution >= 4 is 17.9 Å². The lowest BCUT2D eigenvalue weighted by molar-refractivity contribution is -0.167. The van der Waals surface area contributed by atoms with Gasteiger partial charge in [-0.15, -0.1) is 0 Å². The van der Waals surface area contributed by atoms with Crippen molar-refractivity contribution in [1.82, 2.24) is 0 Å². The topological polar surface area (TPSA) is 78.9 Å². The molecule has 0 radical (unpaired) electrons. The molecule has 0 saturated carbocycles. The predicted octanol–water partition coefficient (Wildman–Crippen LogP) is 14.2. The highest BCUT2D eigenvalue weighted by Gasteiger charge is 2.19. The Labute approximate surface area is 323 Å². The summed E-state index contributed by atoms with van der Waals surface area (Å²) in [5.41, 5.74) is 0. The van der Waals surface area contributed by atoms with Crippen LogP contribution in [0.1, 0.15) is 247 Å². The summed E-state index contributed by atoms with van der Waals surface area (Å²) >= 11 is 0. The number of hydrogen-bond acceptors (Lipinski definition) is 6. The van der Waals surface area contributed by atoms with Crippen LogP contribution in [0.15, 0.2) is 0 Å². The molecule has 0 bridgehead atoms. The fraction of sp³-hybridized carbons (Fsp3) is 0.935. The fourth-order valence-corrected chi connectivity index (χ4v) is 6.75. The average Bonchev–Trinajstić information content (AvgIpc) is 3.11. The van der Waals surface area contributed by atoms with Crippen LogP contribution in [0.4, 0.5) is 0 Å². The van der Waals surface area contributed by atoms with Crippen molar-refractivity contribution in [2.24, 2.45) is 11.8 Å². The largest absolute Gasteiger partial charge is 0.462 e. The Morgan fingerprint density at radius 2 is 0.635 bits per heavy atom. The zero-order valence-electron chi connectivity index (χ0n) is 35.4. The first-order valence-electron chi connectivity index (χ1n) is 22.7. The first kappa shape index (κ1) is 50.4. The van der Waals surface area contributed by atoms with Crippen molar-refractivity contribution in [2.45, 2.75) is 253 Å². The molecule has 0 saturated heterocycles. The molecule has 0 spiro atoms. The first-order chi connectivity index (χ1) is 25.2. The molecule has 52 heavy (non-hydrogen) atoms. The van der Waals surface area contributed by atoms with E-state index in [-0.39, 0.29) is 31.1 Å². The molecule has 6 nitrogen and oxygen atoms in total. The third-order valence-corrected chi connectivity index (χ3v) is 10.2. The van der Waals surface area contributed by atoms with Gasteiger partial charge < -0.3 is 14.2 Å². The SMILES string of the molecule is CCCCCCCCCCCCCCCCC(=O)OC[C@@H](COC(=O)CCCCCCCCCCC(C)C)OC(=O)CCCCCCCCC(C)C. The number of unbranched alkanes of at least 4 members (excludes halogenated alkanes) is 25. The summed E-state index contributed by atoms with van der Waals surface area (Å²) in [4.78, 5) is 37.6. The molecule has 0 aliphatic rings. The van der Waals surface area contributed by atoms with E-state index in [4.69, 9.17) is 14.2 Å². The number of rotatable bonds is 40. The highest BCUT2D eigenvalue weighted by molar-refractivity contribution is 5.71. The number of carbonyl (C=O) groups excluding carboxylic acids is 3. The zero-order valence-corrected chi connectivity index (χ0v) is 35.4. The molecule has 308 valence electrons. The summed E-state index contributed by atoms with van der Waals surface area (Å²) in [5.74, 6) is 0.691. The Bertz CT molecular complexity index is 794. The molecule has 6 heteroatoms. The molecule has 0 N–H and O–H groups in total. The van der Waals surface area contributed by atoms with Gasteiger partial charge in [0.2, 0.25) is 0 Å². The molecule has 0 aromatic carbocycles. The van der Waals surface area contributed by atoms with E-state index >= 15 is 0 Å². The van der Waals surface area contributed by atoms with Gasteiger partial charge in [0.05, 0.1) is 0 Å². The van der Waals surface area contributed by atoms with E-state index in [9.17, 15) is 14.4 Å². The van der Waals surface area contributed by atoms with Gasteiger partial charge in [-0.25, -0.2) is 0 Å². The normalized spacial score (nSPS) is 12.1. The molecule has 0 heterocycles. The van der Waals surface area contributed by atoms with Crippen LogP contribution in [0.2, 0.25) is 0 Å². The molecule has 0 aromatic rings. The fourth-order valence-electron chi connectivity index (χ4n) is 6.75. The quantitative estimate of drug-likeness (QED) is 0.0354. The predicted molar refractivity (Wildman–Crippen MR) is 220 cm³/mol. The summed E-state index contributed by atoms with van der Waals surface area (Å²) in [6.45, 7) is 11.2. The maximum atomic E-state index is 12.7. The van der Waals surface area contributed by atoms with Crippen molar-refractivity contribution < 1.29 is 28.6 Å². The molecule has 0 amide bonds. The minimum Gasteiger partial charge on any atom is -0.462 e. The summed E-state index contributed by atoms with van der Waals surface area (Å²) in [6.07, 6.45) is 36.8. The van der Waals surface area contributed by atoms with Crippen LogP contribution in [-0.2, 0) is 28.6 Å². The summed E-state index contributed by atoms with van der Waals surface area (Å²) < 4.78 is 16.7. The second kappa shape index (κ2) is 39.1. The Morgan fingerprint density at radius 3 is 0.942 bits per heavy atom. The van der Waals surface area contributed by atoms with Crippen LogP contribution >= 0.6 is 0 Å². The van der Waals surface area contributed by atoms with Gasteiger partial charge in [0.1, 0.15) is 13.2 Å². The molecule has 1 atom stereocenters. The number of hydrogen-bond donors (Lipinski definition) is 0. The van der Waals surface area contributed by atoms with Crippen molar-refractivity contribution in [3.8, 4) is 0 Å². The van der Waals surface area contributed by atoms with Crippen LogP contribution < -0.4 is 0 Å². The van der Waals surface area contributed by atoms with E-state index in [1.54, 1.807) is 0 Å². The lowest BCUT2D eigenvalue weighted by Gasteiger charge is -2.18. The van der Waals surface area contributed by atoms with Crippen LogP contribution in [0, 0.1) is 11.8 Å². The molecule has 0 aromatic heterocycles. The first-order valence-corrected chi connectivity index (χ1v) is 22.7. The highest BCUT2D eigenvalue weighted by atomic mass is 16.6. The number of ether oxygens (including phenoxy) is 3. The third-order valence-electron chi connectivity index (χ3n) is 10.2. The lowest BCUT2D eigenvalue weighted by Crippen LogP contribution is -2.30. The number of esters is 3. The highest BCUT2D eigenvalue weighted by Crippen LogP contribution is 2.16. The van der Waals surface area contributed by atoms with Crippen LogP contribution in [-0.4, -0.2) is 37.2 Å². The maximum Gasteiger partial charge on any atom is 0.306 e.